The second-order valence-corrected chi connectivity index (χ2v) is 4.97. The minimum absolute atomic E-state index is 0.693. The lowest BCUT2D eigenvalue weighted by molar-refractivity contribution is 0.335. The van der Waals surface area contributed by atoms with Gasteiger partial charge in [0.15, 0.2) is 0 Å². The third kappa shape index (κ3) is 0.390. The molecule has 5 rings (SSSR count). The standard InChI is InChI=1S/C9H14N2/c10-11-6-2-4-3-1-5-7(4)9(5)8(3)6/h3-9,11H,1-2,10H2. The van der Waals surface area contributed by atoms with Gasteiger partial charge in [-0.3, -0.25) is 11.3 Å². The van der Waals surface area contributed by atoms with Gasteiger partial charge in [0.2, 0.25) is 0 Å². The minimum atomic E-state index is 0.693. The molecule has 0 radical (unpaired) electrons. The Morgan fingerprint density at radius 2 is 1.73 bits per heavy atom. The van der Waals surface area contributed by atoms with Crippen molar-refractivity contribution in [1.82, 2.24) is 5.43 Å². The quantitative estimate of drug-likeness (QED) is 0.418. The third-order valence-electron chi connectivity index (χ3n) is 5.02. The van der Waals surface area contributed by atoms with Crippen molar-refractivity contribution < 1.29 is 0 Å². The van der Waals surface area contributed by atoms with Gasteiger partial charge in [-0.1, -0.05) is 0 Å². The third-order valence-corrected chi connectivity index (χ3v) is 5.02. The Kier molecular flexibility index (Phi) is 0.695. The monoisotopic (exact) mass is 150 g/mol. The first-order chi connectivity index (χ1) is 5.42. The molecule has 0 spiro atoms. The Morgan fingerprint density at radius 3 is 2.27 bits per heavy atom. The lowest BCUT2D eigenvalue weighted by Gasteiger charge is -2.19. The molecule has 60 valence electrons. The van der Waals surface area contributed by atoms with Gasteiger partial charge in [-0.15, -0.1) is 0 Å². The van der Waals surface area contributed by atoms with E-state index in [-0.39, 0.29) is 0 Å². The highest BCUT2D eigenvalue weighted by Crippen LogP contribution is 2.80. The number of nitrogens with two attached hydrogens (primary N) is 1. The van der Waals surface area contributed by atoms with Crippen LogP contribution < -0.4 is 11.3 Å². The molecule has 5 saturated carbocycles. The fourth-order valence-electron chi connectivity index (χ4n) is 4.92. The first-order valence-corrected chi connectivity index (χ1v) is 4.88. The maximum absolute atomic E-state index is 5.53. The molecule has 2 nitrogen and oxygen atoms in total. The zero-order valence-electron chi connectivity index (χ0n) is 6.53. The molecule has 0 aromatic rings. The minimum Gasteiger partial charge on any atom is -0.271 e. The fraction of sp³-hybridized carbons (Fsp3) is 1.00. The van der Waals surface area contributed by atoms with Crippen LogP contribution in [-0.2, 0) is 0 Å². The Bertz CT molecular complexity index is 228. The van der Waals surface area contributed by atoms with Crippen LogP contribution in [0.1, 0.15) is 12.8 Å². The summed E-state index contributed by atoms with van der Waals surface area (Å²) < 4.78 is 0. The molecule has 0 amide bonds. The van der Waals surface area contributed by atoms with Crippen LogP contribution in [0.2, 0.25) is 0 Å². The van der Waals surface area contributed by atoms with Crippen molar-refractivity contribution >= 4 is 0 Å². The van der Waals surface area contributed by atoms with Crippen LogP contribution in [-0.4, -0.2) is 6.04 Å². The predicted molar refractivity (Wildman–Crippen MR) is 41.3 cm³/mol. The summed E-state index contributed by atoms with van der Waals surface area (Å²) in [6.45, 7) is 0. The van der Waals surface area contributed by atoms with Gasteiger partial charge in [-0.25, -0.2) is 0 Å². The van der Waals surface area contributed by atoms with Crippen molar-refractivity contribution in [3.63, 3.8) is 0 Å². The molecule has 5 aliphatic rings. The van der Waals surface area contributed by atoms with Crippen molar-refractivity contribution in [1.29, 1.82) is 0 Å². The number of hydrogen-bond donors (Lipinski definition) is 2. The van der Waals surface area contributed by atoms with Gasteiger partial charge >= 0.3 is 0 Å². The van der Waals surface area contributed by atoms with Crippen LogP contribution >= 0.6 is 0 Å². The molecule has 7 unspecified atom stereocenters. The molecule has 0 aromatic heterocycles. The second kappa shape index (κ2) is 1.38. The molecule has 5 aliphatic carbocycles. The molecule has 0 aromatic carbocycles. The molecule has 6 bridgehead atoms. The molecule has 0 aliphatic heterocycles. The number of hydrazine groups is 1. The predicted octanol–water partition coefficient (Wildman–Crippen LogP) is 0.350. The smallest absolute Gasteiger partial charge is 0.0247 e. The van der Waals surface area contributed by atoms with Crippen molar-refractivity contribution in [2.75, 3.05) is 0 Å². The Morgan fingerprint density at radius 1 is 0.909 bits per heavy atom. The lowest BCUT2D eigenvalue weighted by Crippen LogP contribution is -2.40. The Balaban J connectivity index is 1.80. The highest BCUT2D eigenvalue weighted by Gasteiger charge is 2.77. The van der Waals surface area contributed by atoms with Gasteiger partial charge in [-0.05, 0) is 48.3 Å². The Labute approximate surface area is 66.5 Å². The van der Waals surface area contributed by atoms with E-state index in [0.717, 1.165) is 29.6 Å². The summed E-state index contributed by atoms with van der Waals surface area (Å²) in [6.07, 6.45) is 2.95. The van der Waals surface area contributed by atoms with E-state index in [2.05, 4.69) is 5.43 Å². The average molecular weight is 150 g/mol. The topological polar surface area (TPSA) is 38.0 Å². The van der Waals surface area contributed by atoms with Crippen LogP contribution in [0.5, 0.6) is 0 Å². The maximum atomic E-state index is 5.53. The molecular weight excluding hydrogens is 136 g/mol. The molecule has 0 heterocycles. The SMILES string of the molecule is NNC1CC2C3CC4C2C4C13. The first kappa shape index (κ1) is 5.55. The molecule has 3 N–H and O–H groups in total. The summed E-state index contributed by atoms with van der Waals surface area (Å²) in [5.74, 6) is 12.2. The van der Waals surface area contributed by atoms with Crippen molar-refractivity contribution in [3.05, 3.63) is 0 Å². The molecule has 5 fully saturated rings. The zero-order valence-corrected chi connectivity index (χ0v) is 6.53. The van der Waals surface area contributed by atoms with Crippen molar-refractivity contribution in [2.45, 2.75) is 18.9 Å². The number of hydrogen-bond acceptors (Lipinski definition) is 2. The van der Waals surface area contributed by atoms with Crippen molar-refractivity contribution in [3.8, 4) is 0 Å². The van der Waals surface area contributed by atoms with Gasteiger partial charge in [0.1, 0.15) is 0 Å². The maximum Gasteiger partial charge on any atom is 0.0247 e. The van der Waals surface area contributed by atoms with Gasteiger partial charge < -0.3 is 0 Å². The van der Waals surface area contributed by atoms with Gasteiger partial charge in [-0.2, -0.15) is 0 Å². The summed E-state index contributed by atoms with van der Waals surface area (Å²) >= 11 is 0. The van der Waals surface area contributed by atoms with E-state index in [9.17, 15) is 0 Å². The van der Waals surface area contributed by atoms with Gasteiger partial charge in [0.25, 0.3) is 0 Å². The van der Waals surface area contributed by atoms with Crippen molar-refractivity contribution in [2.24, 2.45) is 41.4 Å². The first-order valence-electron chi connectivity index (χ1n) is 4.88. The molecule has 2 heteroatoms. The van der Waals surface area contributed by atoms with E-state index in [1.165, 1.54) is 12.3 Å². The summed E-state index contributed by atoms with van der Waals surface area (Å²) in [4.78, 5) is 0. The van der Waals surface area contributed by atoms with Crippen LogP contribution in [0.4, 0.5) is 0 Å². The lowest BCUT2D eigenvalue weighted by atomic mass is 9.96. The average Bonchev–Trinajstić information content (AvgIpc) is 2.41. The largest absolute Gasteiger partial charge is 0.271 e. The van der Waals surface area contributed by atoms with E-state index in [4.69, 9.17) is 5.84 Å². The van der Waals surface area contributed by atoms with E-state index in [1.807, 2.05) is 0 Å². The number of nitrogens with one attached hydrogen (secondary N) is 1. The summed E-state index contributed by atoms with van der Waals surface area (Å²) in [5.41, 5.74) is 3.01. The van der Waals surface area contributed by atoms with E-state index < -0.39 is 0 Å². The fourth-order valence-corrected chi connectivity index (χ4v) is 4.92. The zero-order chi connectivity index (χ0) is 7.16. The highest BCUT2D eigenvalue weighted by molar-refractivity contribution is 5.26. The Hall–Kier alpha value is -0.0800. The second-order valence-electron chi connectivity index (χ2n) is 4.97. The normalized spacial score (nSPS) is 74.5. The summed E-state index contributed by atoms with van der Waals surface area (Å²) in [6, 6.07) is 0.693. The van der Waals surface area contributed by atoms with Crippen LogP contribution in [0.3, 0.4) is 0 Å². The van der Waals surface area contributed by atoms with Crippen LogP contribution in [0, 0.1) is 35.5 Å². The molecule has 0 saturated heterocycles. The molecule has 7 atom stereocenters. The van der Waals surface area contributed by atoms with Crippen LogP contribution in [0.25, 0.3) is 0 Å². The van der Waals surface area contributed by atoms with Gasteiger partial charge in [0, 0.05) is 6.04 Å². The van der Waals surface area contributed by atoms with Gasteiger partial charge in [0.05, 0.1) is 0 Å². The molecular formula is C9H14N2. The van der Waals surface area contributed by atoms with E-state index in [1.54, 1.807) is 6.42 Å². The van der Waals surface area contributed by atoms with Crippen LogP contribution in [0.15, 0.2) is 0 Å². The number of rotatable bonds is 1. The highest BCUT2D eigenvalue weighted by atomic mass is 15.2. The summed E-state index contributed by atoms with van der Waals surface area (Å²) in [5, 5.41) is 0. The van der Waals surface area contributed by atoms with E-state index in [0.29, 0.717) is 6.04 Å². The summed E-state index contributed by atoms with van der Waals surface area (Å²) in [7, 11) is 0. The molecule has 11 heavy (non-hydrogen) atoms. The van der Waals surface area contributed by atoms with E-state index >= 15 is 0 Å².